The number of carbonyl (C=O) groups is 2. The molecule has 2 aromatic rings. The molecule has 0 aliphatic carbocycles. The van der Waals surface area contributed by atoms with E-state index in [4.69, 9.17) is 4.42 Å². The third kappa shape index (κ3) is 4.95. The number of carbonyl (C=O) groups excluding carboxylic acids is 2. The summed E-state index contributed by atoms with van der Waals surface area (Å²) in [6.45, 7) is 5.46. The molecule has 6 nitrogen and oxygen atoms in total. The molecule has 0 unspecified atom stereocenters. The summed E-state index contributed by atoms with van der Waals surface area (Å²) in [7, 11) is 0. The Labute approximate surface area is 157 Å². The lowest BCUT2D eigenvalue weighted by atomic mass is 10.2. The summed E-state index contributed by atoms with van der Waals surface area (Å²) in [5.41, 5.74) is 0.721. The Morgan fingerprint density at radius 1 is 1.07 bits per heavy atom. The van der Waals surface area contributed by atoms with Crippen molar-refractivity contribution in [3.8, 4) is 11.3 Å². The summed E-state index contributed by atoms with van der Waals surface area (Å²) in [5.74, 6) is 0.334. The zero-order chi connectivity index (χ0) is 19.2. The van der Waals surface area contributed by atoms with Gasteiger partial charge in [0.05, 0.1) is 6.54 Å². The molecule has 1 aromatic carbocycles. The van der Waals surface area contributed by atoms with Gasteiger partial charge < -0.3 is 14.6 Å². The van der Waals surface area contributed by atoms with Gasteiger partial charge in [-0.15, -0.1) is 0 Å². The van der Waals surface area contributed by atoms with Gasteiger partial charge in [0.2, 0.25) is 5.91 Å². The maximum Gasteiger partial charge on any atom is 0.289 e. The molecular formula is C20H24FN3O3. The van der Waals surface area contributed by atoms with Crippen LogP contribution in [0.2, 0.25) is 0 Å². The van der Waals surface area contributed by atoms with Crippen LogP contribution in [-0.2, 0) is 4.79 Å². The molecule has 1 saturated heterocycles. The van der Waals surface area contributed by atoms with Gasteiger partial charge in [-0.05, 0) is 42.8 Å². The van der Waals surface area contributed by atoms with Gasteiger partial charge in [0.15, 0.2) is 5.76 Å². The second-order valence-corrected chi connectivity index (χ2v) is 6.59. The maximum absolute atomic E-state index is 13.0. The first-order chi connectivity index (χ1) is 13.1. The summed E-state index contributed by atoms with van der Waals surface area (Å²) < 4.78 is 18.7. The summed E-state index contributed by atoms with van der Waals surface area (Å²) in [6.07, 6.45) is 0.914. The van der Waals surface area contributed by atoms with Crippen LogP contribution in [0.1, 0.15) is 23.9 Å². The number of hydrogen-bond donors (Lipinski definition) is 1. The Balaban J connectivity index is 1.54. The quantitative estimate of drug-likeness (QED) is 0.844. The molecule has 1 N–H and O–H groups in total. The van der Waals surface area contributed by atoms with Gasteiger partial charge in [-0.3, -0.25) is 14.5 Å². The van der Waals surface area contributed by atoms with Crippen molar-refractivity contribution in [3.63, 3.8) is 0 Å². The molecule has 0 bridgehead atoms. The second kappa shape index (κ2) is 8.81. The van der Waals surface area contributed by atoms with Crippen LogP contribution < -0.4 is 5.32 Å². The monoisotopic (exact) mass is 373 g/mol. The summed E-state index contributed by atoms with van der Waals surface area (Å²) in [6, 6.07) is 9.31. The van der Waals surface area contributed by atoms with E-state index in [1.807, 2.05) is 11.8 Å². The Morgan fingerprint density at radius 2 is 1.78 bits per heavy atom. The topological polar surface area (TPSA) is 65.8 Å². The van der Waals surface area contributed by atoms with E-state index < -0.39 is 0 Å². The van der Waals surface area contributed by atoms with E-state index >= 15 is 0 Å². The second-order valence-electron chi connectivity index (χ2n) is 6.59. The number of nitrogens with zero attached hydrogens (tertiary/aromatic N) is 2. The number of furan rings is 1. The molecular weight excluding hydrogens is 349 g/mol. The standard InChI is InChI=1S/C20H24FN3O3/c1-2-9-22-19(25)14-23-10-12-24(13-11-23)20(26)18-8-7-17(27-18)15-3-5-16(21)6-4-15/h3-8H,2,9-14H2,1H3,(H,22,25). The molecule has 1 aliphatic rings. The lowest BCUT2D eigenvalue weighted by Gasteiger charge is -2.33. The van der Waals surface area contributed by atoms with Gasteiger partial charge in [-0.25, -0.2) is 4.39 Å². The third-order valence-electron chi connectivity index (χ3n) is 4.54. The Hall–Kier alpha value is -2.67. The number of hydrogen-bond acceptors (Lipinski definition) is 4. The first-order valence-corrected chi connectivity index (χ1v) is 9.21. The minimum atomic E-state index is -0.317. The molecule has 1 aromatic heterocycles. The maximum atomic E-state index is 13.0. The first kappa shape index (κ1) is 19.1. The van der Waals surface area contributed by atoms with E-state index in [9.17, 15) is 14.0 Å². The van der Waals surface area contributed by atoms with Gasteiger partial charge in [0.25, 0.3) is 5.91 Å². The van der Waals surface area contributed by atoms with E-state index in [-0.39, 0.29) is 23.4 Å². The molecule has 3 rings (SSSR count). The summed E-state index contributed by atoms with van der Waals surface area (Å²) >= 11 is 0. The van der Waals surface area contributed by atoms with Crippen molar-refractivity contribution < 1.29 is 18.4 Å². The fourth-order valence-corrected chi connectivity index (χ4v) is 3.01. The van der Waals surface area contributed by atoms with E-state index in [0.29, 0.717) is 45.0 Å². The van der Waals surface area contributed by atoms with Crippen molar-refractivity contribution in [2.45, 2.75) is 13.3 Å². The van der Waals surface area contributed by atoms with Crippen LogP contribution in [-0.4, -0.2) is 60.9 Å². The van der Waals surface area contributed by atoms with Gasteiger partial charge in [-0.1, -0.05) is 6.92 Å². The lowest BCUT2D eigenvalue weighted by Crippen LogP contribution is -2.51. The van der Waals surface area contributed by atoms with Gasteiger partial charge in [0, 0.05) is 38.3 Å². The van der Waals surface area contributed by atoms with Crippen molar-refractivity contribution in [3.05, 3.63) is 48.0 Å². The van der Waals surface area contributed by atoms with Crippen LogP contribution in [0.15, 0.2) is 40.8 Å². The average Bonchev–Trinajstić information content (AvgIpc) is 3.17. The van der Waals surface area contributed by atoms with Crippen LogP contribution in [0.5, 0.6) is 0 Å². The molecule has 0 atom stereocenters. The highest BCUT2D eigenvalue weighted by atomic mass is 19.1. The average molecular weight is 373 g/mol. The molecule has 1 fully saturated rings. The normalized spacial score (nSPS) is 15.0. The van der Waals surface area contributed by atoms with Crippen molar-refractivity contribution in [1.29, 1.82) is 0 Å². The highest BCUT2D eigenvalue weighted by Gasteiger charge is 2.25. The van der Waals surface area contributed by atoms with Crippen molar-refractivity contribution >= 4 is 11.8 Å². The van der Waals surface area contributed by atoms with Crippen LogP contribution in [0, 0.1) is 5.82 Å². The molecule has 27 heavy (non-hydrogen) atoms. The van der Waals surface area contributed by atoms with Crippen LogP contribution in [0.25, 0.3) is 11.3 Å². The minimum absolute atomic E-state index is 0.0200. The highest BCUT2D eigenvalue weighted by molar-refractivity contribution is 5.92. The van der Waals surface area contributed by atoms with E-state index in [1.54, 1.807) is 29.2 Å². The van der Waals surface area contributed by atoms with Crippen LogP contribution in [0.4, 0.5) is 4.39 Å². The minimum Gasteiger partial charge on any atom is -0.451 e. The molecule has 0 spiro atoms. The Morgan fingerprint density at radius 3 is 2.44 bits per heavy atom. The Bertz CT molecular complexity index is 780. The van der Waals surface area contributed by atoms with Gasteiger partial charge in [-0.2, -0.15) is 0 Å². The largest absolute Gasteiger partial charge is 0.451 e. The third-order valence-corrected chi connectivity index (χ3v) is 4.54. The van der Waals surface area contributed by atoms with E-state index in [0.717, 1.165) is 12.0 Å². The fraction of sp³-hybridized carbons (Fsp3) is 0.400. The van der Waals surface area contributed by atoms with Crippen molar-refractivity contribution in [2.24, 2.45) is 0 Å². The number of halogens is 1. The van der Waals surface area contributed by atoms with E-state index in [1.165, 1.54) is 12.1 Å². The zero-order valence-electron chi connectivity index (χ0n) is 15.4. The number of rotatable bonds is 6. The van der Waals surface area contributed by atoms with Crippen molar-refractivity contribution in [1.82, 2.24) is 15.1 Å². The predicted molar refractivity (Wildman–Crippen MR) is 99.7 cm³/mol. The van der Waals surface area contributed by atoms with Crippen molar-refractivity contribution in [2.75, 3.05) is 39.3 Å². The number of amides is 2. The lowest BCUT2D eigenvalue weighted by molar-refractivity contribution is -0.122. The predicted octanol–water partition coefficient (Wildman–Crippen LogP) is 2.37. The fourth-order valence-electron chi connectivity index (χ4n) is 3.01. The summed E-state index contributed by atoms with van der Waals surface area (Å²) in [5, 5.41) is 2.86. The highest BCUT2D eigenvalue weighted by Crippen LogP contribution is 2.23. The number of benzene rings is 1. The molecule has 0 saturated carbocycles. The molecule has 144 valence electrons. The smallest absolute Gasteiger partial charge is 0.289 e. The Kier molecular flexibility index (Phi) is 6.24. The van der Waals surface area contributed by atoms with Gasteiger partial charge in [0.1, 0.15) is 11.6 Å². The number of nitrogens with one attached hydrogen (secondary N) is 1. The van der Waals surface area contributed by atoms with Crippen LogP contribution >= 0.6 is 0 Å². The van der Waals surface area contributed by atoms with Gasteiger partial charge >= 0.3 is 0 Å². The SMILES string of the molecule is CCCNC(=O)CN1CCN(C(=O)c2ccc(-c3ccc(F)cc3)o2)CC1. The first-order valence-electron chi connectivity index (χ1n) is 9.21. The number of piperazine rings is 1. The van der Waals surface area contributed by atoms with E-state index in [2.05, 4.69) is 5.32 Å². The molecule has 7 heteroatoms. The van der Waals surface area contributed by atoms with Crippen LogP contribution in [0.3, 0.4) is 0 Å². The molecule has 1 aliphatic heterocycles. The molecule has 0 radical (unpaired) electrons. The molecule has 2 heterocycles. The summed E-state index contributed by atoms with van der Waals surface area (Å²) in [4.78, 5) is 28.2. The zero-order valence-corrected chi connectivity index (χ0v) is 15.4. The molecule has 2 amide bonds.